The standard InChI is InChI=1S/C13H14N2O4/c1-6-8(2-3-14)11-9(13(18)19)4-7(12(16)17)5-10(11)15-6/h4-5,15H,2-3,14H2,1H3,(H,16,17)(H,18,19). The molecule has 1 heterocycles. The second-order valence-electron chi connectivity index (χ2n) is 4.32. The van der Waals surface area contributed by atoms with Crippen LogP contribution in [0.3, 0.4) is 0 Å². The van der Waals surface area contributed by atoms with Gasteiger partial charge >= 0.3 is 11.9 Å². The molecule has 6 heteroatoms. The van der Waals surface area contributed by atoms with E-state index < -0.39 is 11.9 Å². The lowest BCUT2D eigenvalue weighted by Crippen LogP contribution is -2.06. The molecule has 1 aromatic heterocycles. The second kappa shape index (κ2) is 4.74. The Morgan fingerprint density at radius 2 is 1.95 bits per heavy atom. The van der Waals surface area contributed by atoms with Gasteiger partial charge in [-0.2, -0.15) is 0 Å². The third-order valence-corrected chi connectivity index (χ3v) is 3.09. The number of hydrogen-bond donors (Lipinski definition) is 4. The predicted molar refractivity (Wildman–Crippen MR) is 69.7 cm³/mol. The maximum atomic E-state index is 11.3. The molecule has 0 atom stereocenters. The van der Waals surface area contributed by atoms with Gasteiger partial charge in [-0.05, 0) is 37.6 Å². The number of carboxylic acids is 2. The van der Waals surface area contributed by atoms with Crippen molar-refractivity contribution >= 4 is 22.8 Å². The van der Waals surface area contributed by atoms with E-state index in [1.54, 1.807) is 0 Å². The lowest BCUT2D eigenvalue weighted by molar-refractivity contribution is 0.0696. The van der Waals surface area contributed by atoms with E-state index in [1.165, 1.54) is 12.1 Å². The molecule has 0 amide bonds. The van der Waals surface area contributed by atoms with Gasteiger partial charge in [0.1, 0.15) is 0 Å². The first-order chi connectivity index (χ1) is 8.95. The minimum Gasteiger partial charge on any atom is -0.478 e. The molecule has 1 aromatic carbocycles. The molecule has 0 saturated carbocycles. The zero-order valence-corrected chi connectivity index (χ0v) is 10.4. The van der Waals surface area contributed by atoms with Crippen molar-refractivity contribution in [3.05, 3.63) is 34.5 Å². The van der Waals surface area contributed by atoms with Gasteiger partial charge < -0.3 is 20.9 Å². The summed E-state index contributed by atoms with van der Waals surface area (Å²) in [6.45, 7) is 2.21. The molecule has 0 fully saturated rings. The van der Waals surface area contributed by atoms with Crippen LogP contribution in [0.4, 0.5) is 0 Å². The molecule has 0 unspecified atom stereocenters. The molecule has 100 valence electrons. The first-order valence-corrected chi connectivity index (χ1v) is 5.77. The van der Waals surface area contributed by atoms with Gasteiger partial charge in [0.05, 0.1) is 11.1 Å². The van der Waals surface area contributed by atoms with Crippen molar-refractivity contribution in [2.75, 3.05) is 6.54 Å². The molecular formula is C13H14N2O4. The number of aromatic amines is 1. The fraction of sp³-hybridized carbons (Fsp3) is 0.231. The zero-order chi connectivity index (χ0) is 14.2. The normalized spacial score (nSPS) is 10.8. The Labute approximate surface area is 108 Å². The molecule has 19 heavy (non-hydrogen) atoms. The number of H-pyrrole nitrogens is 1. The fourth-order valence-electron chi connectivity index (χ4n) is 2.28. The van der Waals surface area contributed by atoms with Crippen molar-refractivity contribution < 1.29 is 19.8 Å². The van der Waals surface area contributed by atoms with Gasteiger partial charge in [-0.3, -0.25) is 0 Å². The van der Waals surface area contributed by atoms with Crippen molar-refractivity contribution in [1.82, 2.24) is 4.98 Å². The average Bonchev–Trinajstić information content (AvgIpc) is 2.65. The van der Waals surface area contributed by atoms with Gasteiger partial charge in [0.2, 0.25) is 0 Å². The topological polar surface area (TPSA) is 116 Å². The lowest BCUT2D eigenvalue weighted by atomic mass is 10.00. The Bertz CT molecular complexity index is 673. The second-order valence-corrected chi connectivity index (χ2v) is 4.32. The number of aromatic carboxylic acids is 2. The third kappa shape index (κ3) is 2.17. The SMILES string of the molecule is Cc1[nH]c2cc(C(=O)O)cc(C(=O)O)c2c1CCN. The summed E-state index contributed by atoms with van der Waals surface area (Å²) in [4.78, 5) is 25.3. The maximum absolute atomic E-state index is 11.3. The van der Waals surface area contributed by atoms with Crippen LogP contribution in [0.25, 0.3) is 10.9 Å². The minimum atomic E-state index is -1.16. The van der Waals surface area contributed by atoms with E-state index in [2.05, 4.69) is 4.98 Å². The average molecular weight is 262 g/mol. The van der Waals surface area contributed by atoms with Crippen LogP contribution >= 0.6 is 0 Å². The highest BCUT2D eigenvalue weighted by atomic mass is 16.4. The van der Waals surface area contributed by atoms with Crippen molar-refractivity contribution in [2.24, 2.45) is 5.73 Å². The smallest absolute Gasteiger partial charge is 0.336 e. The number of aromatic nitrogens is 1. The highest BCUT2D eigenvalue weighted by Crippen LogP contribution is 2.28. The van der Waals surface area contributed by atoms with Crippen LogP contribution in [0.15, 0.2) is 12.1 Å². The molecule has 5 N–H and O–H groups in total. The van der Waals surface area contributed by atoms with Crippen molar-refractivity contribution in [3.63, 3.8) is 0 Å². The molecule has 0 bridgehead atoms. The number of carboxylic acid groups (broad SMARTS) is 2. The van der Waals surface area contributed by atoms with Crippen LogP contribution in [0, 0.1) is 6.92 Å². The Kier molecular flexibility index (Phi) is 3.26. The Morgan fingerprint density at radius 1 is 1.26 bits per heavy atom. The minimum absolute atomic E-state index is 0.0114. The largest absolute Gasteiger partial charge is 0.478 e. The van der Waals surface area contributed by atoms with Crippen molar-refractivity contribution in [1.29, 1.82) is 0 Å². The monoisotopic (exact) mass is 262 g/mol. The summed E-state index contributed by atoms with van der Waals surface area (Å²) in [6.07, 6.45) is 0.540. The number of nitrogens with one attached hydrogen (secondary N) is 1. The van der Waals surface area contributed by atoms with E-state index >= 15 is 0 Å². The molecule has 0 aliphatic rings. The maximum Gasteiger partial charge on any atom is 0.336 e. The molecule has 0 spiro atoms. The summed E-state index contributed by atoms with van der Waals surface area (Å²) in [5.74, 6) is -2.30. The van der Waals surface area contributed by atoms with Gasteiger partial charge in [-0.15, -0.1) is 0 Å². The van der Waals surface area contributed by atoms with Gasteiger partial charge in [0.15, 0.2) is 0 Å². The summed E-state index contributed by atoms with van der Waals surface area (Å²) in [6, 6.07) is 2.62. The highest BCUT2D eigenvalue weighted by molar-refractivity contribution is 6.08. The van der Waals surface area contributed by atoms with Crippen LogP contribution in [0.2, 0.25) is 0 Å². The quantitative estimate of drug-likeness (QED) is 0.664. The molecule has 0 aliphatic carbocycles. The van der Waals surface area contributed by atoms with E-state index in [-0.39, 0.29) is 11.1 Å². The predicted octanol–water partition coefficient (Wildman–Crippen LogP) is 1.37. The molecule has 6 nitrogen and oxygen atoms in total. The summed E-state index contributed by atoms with van der Waals surface area (Å²) >= 11 is 0. The molecule has 2 rings (SSSR count). The van der Waals surface area contributed by atoms with Crippen LogP contribution < -0.4 is 5.73 Å². The number of hydrogen-bond acceptors (Lipinski definition) is 3. The van der Waals surface area contributed by atoms with E-state index in [0.717, 1.165) is 11.3 Å². The van der Waals surface area contributed by atoms with E-state index in [0.29, 0.717) is 23.9 Å². The summed E-state index contributed by atoms with van der Waals surface area (Å²) < 4.78 is 0. The third-order valence-electron chi connectivity index (χ3n) is 3.09. The highest BCUT2D eigenvalue weighted by Gasteiger charge is 2.19. The number of carbonyl (C=O) groups is 2. The first kappa shape index (κ1) is 13.1. The molecule has 0 saturated heterocycles. The van der Waals surface area contributed by atoms with E-state index in [1.807, 2.05) is 6.92 Å². The Morgan fingerprint density at radius 3 is 2.47 bits per heavy atom. The van der Waals surface area contributed by atoms with E-state index in [4.69, 9.17) is 10.8 Å². The van der Waals surface area contributed by atoms with Crippen LogP contribution in [-0.2, 0) is 6.42 Å². The zero-order valence-electron chi connectivity index (χ0n) is 10.4. The Hall–Kier alpha value is -2.34. The van der Waals surface area contributed by atoms with Crippen LogP contribution in [0.1, 0.15) is 32.0 Å². The van der Waals surface area contributed by atoms with Crippen molar-refractivity contribution in [3.8, 4) is 0 Å². The van der Waals surface area contributed by atoms with Crippen molar-refractivity contribution in [2.45, 2.75) is 13.3 Å². The van der Waals surface area contributed by atoms with Gasteiger partial charge in [-0.1, -0.05) is 0 Å². The van der Waals surface area contributed by atoms with E-state index in [9.17, 15) is 14.7 Å². The number of nitrogens with two attached hydrogens (primary N) is 1. The number of aryl methyl sites for hydroxylation is 1. The molecule has 0 radical (unpaired) electrons. The van der Waals surface area contributed by atoms with Gasteiger partial charge in [-0.25, -0.2) is 9.59 Å². The number of fused-ring (bicyclic) bond motifs is 1. The van der Waals surface area contributed by atoms with Crippen LogP contribution in [-0.4, -0.2) is 33.7 Å². The molecular weight excluding hydrogens is 248 g/mol. The summed E-state index contributed by atoms with van der Waals surface area (Å²) in [7, 11) is 0. The fourth-order valence-corrected chi connectivity index (χ4v) is 2.28. The number of benzene rings is 1. The van der Waals surface area contributed by atoms with Crippen LogP contribution in [0.5, 0.6) is 0 Å². The number of rotatable bonds is 4. The summed E-state index contributed by atoms with van der Waals surface area (Å²) in [5, 5.41) is 18.8. The Balaban J connectivity index is 2.83. The lowest BCUT2D eigenvalue weighted by Gasteiger charge is -2.04. The first-order valence-electron chi connectivity index (χ1n) is 5.77. The molecule has 2 aromatic rings. The molecule has 0 aliphatic heterocycles. The van der Waals surface area contributed by atoms with Gasteiger partial charge in [0, 0.05) is 16.6 Å². The summed E-state index contributed by atoms with van der Waals surface area (Å²) in [5.41, 5.74) is 7.62. The van der Waals surface area contributed by atoms with Gasteiger partial charge in [0.25, 0.3) is 0 Å².